The summed E-state index contributed by atoms with van der Waals surface area (Å²) < 4.78 is 0. The molecule has 2 aromatic rings. The van der Waals surface area contributed by atoms with E-state index in [1.54, 1.807) is 4.90 Å². The molecule has 4 nitrogen and oxygen atoms in total. The Balaban J connectivity index is 1.67. The molecule has 2 aromatic carbocycles. The summed E-state index contributed by atoms with van der Waals surface area (Å²) in [5.74, 6) is -0.0676. The van der Waals surface area contributed by atoms with Crippen LogP contribution in [0.15, 0.2) is 42.5 Å². The van der Waals surface area contributed by atoms with Crippen molar-refractivity contribution in [3.05, 3.63) is 48.0 Å². The summed E-state index contributed by atoms with van der Waals surface area (Å²) in [7, 11) is 0. The molecule has 23 heavy (non-hydrogen) atoms. The van der Waals surface area contributed by atoms with Crippen LogP contribution in [-0.2, 0) is 4.79 Å². The van der Waals surface area contributed by atoms with Crippen molar-refractivity contribution in [1.82, 2.24) is 10.2 Å². The third-order valence-electron chi connectivity index (χ3n) is 4.33. The molecule has 0 spiro atoms. The van der Waals surface area contributed by atoms with Crippen molar-refractivity contribution in [3.63, 3.8) is 0 Å². The maximum atomic E-state index is 12.6. The number of halogens is 1. The van der Waals surface area contributed by atoms with Gasteiger partial charge in [0.25, 0.3) is 5.91 Å². The number of nitrogens with zero attached hydrogens (tertiary/aromatic N) is 1. The van der Waals surface area contributed by atoms with E-state index in [1.807, 2.05) is 42.5 Å². The van der Waals surface area contributed by atoms with Gasteiger partial charge in [-0.05, 0) is 29.7 Å². The van der Waals surface area contributed by atoms with Crippen molar-refractivity contribution in [2.24, 2.45) is 0 Å². The number of hydrogen-bond donors (Lipinski definition) is 1. The van der Waals surface area contributed by atoms with E-state index in [9.17, 15) is 9.59 Å². The highest BCUT2D eigenvalue weighted by molar-refractivity contribution is 6.27. The molecule has 0 bridgehead atoms. The molecule has 0 aromatic heterocycles. The smallest absolute Gasteiger partial charge is 0.252 e. The molecular weight excluding hydrogens is 312 g/mol. The lowest BCUT2D eigenvalue weighted by Gasteiger charge is -2.32. The lowest BCUT2D eigenvalue weighted by atomic mass is 10.0. The molecule has 5 heteroatoms. The van der Waals surface area contributed by atoms with Gasteiger partial charge in [0.15, 0.2) is 0 Å². The van der Waals surface area contributed by atoms with Gasteiger partial charge in [-0.1, -0.05) is 36.4 Å². The first-order valence-electron chi connectivity index (χ1n) is 7.81. The number of carbonyl (C=O) groups excluding carboxylic acids is 2. The molecule has 0 unspecified atom stereocenters. The summed E-state index contributed by atoms with van der Waals surface area (Å²) >= 11 is 5.58. The van der Waals surface area contributed by atoms with Crippen molar-refractivity contribution in [2.45, 2.75) is 18.9 Å². The quantitative estimate of drug-likeness (QED) is 0.880. The van der Waals surface area contributed by atoms with Gasteiger partial charge in [0.05, 0.1) is 0 Å². The van der Waals surface area contributed by atoms with Gasteiger partial charge >= 0.3 is 0 Å². The van der Waals surface area contributed by atoms with E-state index >= 15 is 0 Å². The Bertz CT molecular complexity index is 719. The van der Waals surface area contributed by atoms with Gasteiger partial charge in [-0.15, -0.1) is 11.6 Å². The number of amides is 2. The van der Waals surface area contributed by atoms with Gasteiger partial charge in [0.2, 0.25) is 5.91 Å². The Kier molecular flexibility index (Phi) is 4.82. The summed E-state index contributed by atoms with van der Waals surface area (Å²) in [6.07, 6.45) is 1.53. The molecule has 1 fully saturated rings. The van der Waals surface area contributed by atoms with Crippen LogP contribution in [0.1, 0.15) is 23.2 Å². The predicted molar refractivity (Wildman–Crippen MR) is 91.7 cm³/mol. The zero-order valence-corrected chi connectivity index (χ0v) is 13.6. The SMILES string of the molecule is O=C(NC1CCN(C(=O)CCl)CC1)c1cccc2ccccc12. The number of carbonyl (C=O) groups is 2. The molecule has 120 valence electrons. The van der Waals surface area contributed by atoms with Crippen LogP contribution in [0.2, 0.25) is 0 Å². The molecular formula is C18H19ClN2O2. The minimum Gasteiger partial charge on any atom is -0.349 e. The topological polar surface area (TPSA) is 49.4 Å². The van der Waals surface area contributed by atoms with Crippen LogP contribution >= 0.6 is 11.6 Å². The largest absolute Gasteiger partial charge is 0.349 e. The van der Waals surface area contributed by atoms with Crippen molar-refractivity contribution in [3.8, 4) is 0 Å². The average Bonchev–Trinajstić information content (AvgIpc) is 2.61. The van der Waals surface area contributed by atoms with E-state index in [-0.39, 0.29) is 23.7 Å². The van der Waals surface area contributed by atoms with Gasteiger partial charge in [-0.25, -0.2) is 0 Å². The van der Waals surface area contributed by atoms with Crippen LogP contribution in [-0.4, -0.2) is 41.7 Å². The van der Waals surface area contributed by atoms with E-state index in [0.29, 0.717) is 18.7 Å². The van der Waals surface area contributed by atoms with Crippen molar-refractivity contribution >= 4 is 34.2 Å². The van der Waals surface area contributed by atoms with E-state index in [2.05, 4.69) is 5.32 Å². The lowest BCUT2D eigenvalue weighted by molar-refractivity contribution is -0.129. The highest BCUT2D eigenvalue weighted by Gasteiger charge is 2.23. The van der Waals surface area contributed by atoms with Crippen LogP contribution in [0.25, 0.3) is 10.8 Å². The fraction of sp³-hybridized carbons (Fsp3) is 0.333. The van der Waals surface area contributed by atoms with Crippen LogP contribution < -0.4 is 5.32 Å². The standard InChI is InChI=1S/C18H19ClN2O2/c19-12-17(22)21-10-8-14(9-11-21)20-18(23)16-7-3-5-13-4-1-2-6-15(13)16/h1-7,14H,8-12H2,(H,20,23). The maximum Gasteiger partial charge on any atom is 0.252 e. The van der Waals surface area contributed by atoms with E-state index in [0.717, 1.165) is 23.6 Å². The number of likely N-dealkylation sites (tertiary alicyclic amines) is 1. The maximum absolute atomic E-state index is 12.6. The number of rotatable bonds is 3. The van der Waals surface area contributed by atoms with Gasteiger partial charge in [0.1, 0.15) is 5.88 Å². The summed E-state index contributed by atoms with van der Waals surface area (Å²) in [4.78, 5) is 25.9. The molecule has 3 rings (SSSR count). The molecule has 1 aliphatic heterocycles. The summed E-state index contributed by atoms with van der Waals surface area (Å²) in [6, 6.07) is 13.7. The average molecular weight is 331 g/mol. The van der Waals surface area contributed by atoms with Gasteiger partial charge in [-0.3, -0.25) is 9.59 Å². The Morgan fingerprint density at radius 3 is 2.52 bits per heavy atom. The molecule has 1 N–H and O–H groups in total. The third kappa shape index (κ3) is 3.48. The second-order valence-corrected chi connectivity index (χ2v) is 6.06. The van der Waals surface area contributed by atoms with Crippen LogP contribution in [0.4, 0.5) is 0 Å². The summed E-state index contributed by atoms with van der Waals surface area (Å²) in [5.41, 5.74) is 0.697. The first-order valence-corrected chi connectivity index (χ1v) is 8.35. The molecule has 0 radical (unpaired) electrons. The van der Waals surface area contributed by atoms with Crippen LogP contribution in [0.3, 0.4) is 0 Å². The zero-order chi connectivity index (χ0) is 16.2. The summed E-state index contributed by atoms with van der Waals surface area (Å²) in [6.45, 7) is 1.29. The molecule has 2 amide bonds. The van der Waals surface area contributed by atoms with Gasteiger partial charge < -0.3 is 10.2 Å². The van der Waals surface area contributed by atoms with Crippen molar-refractivity contribution in [1.29, 1.82) is 0 Å². The molecule has 1 aliphatic rings. The summed E-state index contributed by atoms with van der Waals surface area (Å²) in [5, 5.41) is 5.11. The normalized spacial score (nSPS) is 15.6. The molecule has 0 saturated carbocycles. The number of fused-ring (bicyclic) bond motifs is 1. The first kappa shape index (κ1) is 15.8. The number of alkyl halides is 1. The fourth-order valence-electron chi connectivity index (χ4n) is 3.04. The van der Waals surface area contributed by atoms with Crippen LogP contribution in [0.5, 0.6) is 0 Å². The van der Waals surface area contributed by atoms with Gasteiger partial charge in [0, 0.05) is 24.7 Å². The van der Waals surface area contributed by atoms with Gasteiger partial charge in [-0.2, -0.15) is 0 Å². The van der Waals surface area contributed by atoms with Crippen molar-refractivity contribution in [2.75, 3.05) is 19.0 Å². The lowest BCUT2D eigenvalue weighted by Crippen LogP contribution is -2.46. The van der Waals surface area contributed by atoms with E-state index in [4.69, 9.17) is 11.6 Å². The Morgan fingerprint density at radius 2 is 1.78 bits per heavy atom. The Hall–Kier alpha value is -2.07. The highest BCUT2D eigenvalue weighted by Crippen LogP contribution is 2.19. The van der Waals surface area contributed by atoms with Crippen LogP contribution in [0, 0.1) is 0 Å². The predicted octanol–water partition coefficient (Wildman–Crippen LogP) is 2.80. The second-order valence-electron chi connectivity index (χ2n) is 5.79. The number of benzene rings is 2. The second kappa shape index (κ2) is 7.01. The fourth-order valence-corrected chi connectivity index (χ4v) is 3.21. The van der Waals surface area contributed by atoms with Crippen molar-refractivity contribution < 1.29 is 9.59 Å². The first-order chi connectivity index (χ1) is 11.2. The number of hydrogen-bond acceptors (Lipinski definition) is 2. The van der Waals surface area contributed by atoms with E-state index in [1.165, 1.54) is 0 Å². The zero-order valence-electron chi connectivity index (χ0n) is 12.8. The molecule has 1 heterocycles. The minimum atomic E-state index is -0.0519. The highest BCUT2D eigenvalue weighted by atomic mass is 35.5. The third-order valence-corrected chi connectivity index (χ3v) is 4.56. The number of piperidine rings is 1. The molecule has 1 saturated heterocycles. The molecule has 0 aliphatic carbocycles. The van der Waals surface area contributed by atoms with E-state index < -0.39 is 0 Å². The minimum absolute atomic E-state index is 0.0209. The number of nitrogens with one attached hydrogen (secondary N) is 1. The molecule has 0 atom stereocenters. The monoisotopic (exact) mass is 330 g/mol. The Labute approximate surface area is 140 Å². The Morgan fingerprint density at radius 1 is 1.09 bits per heavy atom.